The van der Waals surface area contributed by atoms with Gasteiger partial charge in [-0.1, -0.05) is 19.3 Å². The molecule has 7 heteroatoms. The van der Waals surface area contributed by atoms with Gasteiger partial charge in [0.15, 0.2) is 5.65 Å². The number of hydrogen-bond acceptors (Lipinski definition) is 5. The minimum atomic E-state index is -0.377. The minimum Gasteiger partial charge on any atom is -0.384 e. The molecule has 7 nitrogen and oxygen atoms in total. The highest BCUT2D eigenvalue weighted by Crippen LogP contribution is 2.33. The normalized spacial score (nSPS) is 15.6. The second-order valence-electron chi connectivity index (χ2n) is 7.03. The number of aryl methyl sites for hydroxylation is 1. The molecule has 2 aromatic heterocycles. The van der Waals surface area contributed by atoms with Gasteiger partial charge >= 0.3 is 0 Å². The number of nitrogens with zero attached hydrogens (tertiary/aromatic N) is 4. The van der Waals surface area contributed by atoms with Crippen LogP contribution in [0.1, 0.15) is 39.0 Å². The highest BCUT2D eigenvalue weighted by atomic mass is 16.6. The van der Waals surface area contributed by atoms with Gasteiger partial charge in [0.2, 0.25) is 0 Å². The summed E-state index contributed by atoms with van der Waals surface area (Å²) < 4.78 is 1.83. The molecule has 2 heterocycles. The Labute approximate surface area is 151 Å². The van der Waals surface area contributed by atoms with Gasteiger partial charge in [-0.15, -0.1) is 0 Å². The molecule has 1 aliphatic rings. The summed E-state index contributed by atoms with van der Waals surface area (Å²) >= 11 is 0. The quantitative estimate of drug-likeness (QED) is 0.539. The van der Waals surface area contributed by atoms with Gasteiger partial charge in [0.1, 0.15) is 0 Å². The molecule has 0 radical (unpaired) electrons. The maximum atomic E-state index is 11.1. The summed E-state index contributed by atoms with van der Waals surface area (Å²) in [7, 11) is 0. The predicted octanol–water partition coefficient (Wildman–Crippen LogP) is 4.50. The number of aromatic nitrogens is 3. The first-order valence-electron chi connectivity index (χ1n) is 9.35. The third kappa shape index (κ3) is 2.98. The molecule has 0 aliphatic heterocycles. The van der Waals surface area contributed by atoms with Crippen molar-refractivity contribution >= 4 is 33.3 Å². The van der Waals surface area contributed by atoms with Crippen molar-refractivity contribution in [2.45, 2.75) is 45.6 Å². The van der Waals surface area contributed by atoms with Crippen molar-refractivity contribution in [2.24, 2.45) is 5.92 Å². The summed E-state index contributed by atoms with van der Waals surface area (Å²) in [6.07, 6.45) is 8.32. The van der Waals surface area contributed by atoms with Crippen LogP contribution < -0.4 is 5.32 Å². The lowest BCUT2D eigenvalue weighted by molar-refractivity contribution is -0.384. The number of benzene rings is 1. The van der Waals surface area contributed by atoms with Crippen LogP contribution in [0.15, 0.2) is 24.4 Å². The number of nitro groups is 1. The predicted molar refractivity (Wildman–Crippen MR) is 102 cm³/mol. The molecule has 1 N–H and O–H groups in total. The fraction of sp³-hybridized carbons (Fsp3) is 0.474. The molecular weight excluding hydrogens is 330 g/mol. The van der Waals surface area contributed by atoms with Crippen LogP contribution in [0.4, 0.5) is 11.4 Å². The van der Waals surface area contributed by atoms with Crippen LogP contribution >= 0.6 is 0 Å². The smallest absolute Gasteiger partial charge is 0.271 e. The van der Waals surface area contributed by atoms with Crippen LogP contribution in [0, 0.1) is 16.0 Å². The first-order valence-corrected chi connectivity index (χ1v) is 9.35. The number of fused-ring (bicyclic) bond motifs is 2. The van der Waals surface area contributed by atoms with E-state index in [1.165, 1.54) is 32.1 Å². The lowest BCUT2D eigenvalue weighted by Gasteiger charge is -2.23. The summed E-state index contributed by atoms with van der Waals surface area (Å²) in [5, 5.41) is 21.1. The van der Waals surface area contributed by atoms with Crippen LogP contribution in [0.2, 0.25) is 0 Å². The van der Waals surface area contributed by atoms with E-state index >= 15 is 0 Å². The number of anilines is 1. The Balaban J connectivity index is 1.80. The minimum absolute atomic E-state index is 0.0603. The fourth-order valence-corrected chi connectivity index (χ4v) is 3.93. The Kier molecular flexibility index (Phi) is 4.44. The molecule has 0 atom stereocenters. The number of nitrogens with one attached hydrogen (secondary N) is 1. The van der Waals surface area contributed by atoms with E-state index in [9.17, 15) is 10.1 Å². The Hall–Kier alpha value is -2.70. The zero-order valence-electron chi connectivity index (χ0n) is 14.9. The second-order valence-corrected chi connectivity index (χ2v) is 7.03. The standard InChI is InChI=1S/C19H23N5O2/c1-2-23-19-16(12-21-23)18(20-11-13-6-4-3-5-7-13)15-9-8-14(24(25)26)10-17(15)22-19/h8-10,12-13H,2-7,11H2,1H3,(H,20,22). The van der Waals surface area contributed by atoms with Crippen molar-refractivity contribution in [1.29, 1.82) is 0 Å². The van der Waals surface area contributed by atoms with Crippen LogP contribution in [-0.4, -0.2) is 26.2 Å². The van der Waals surface area contributed by atoms with Crippen molar-refractivity contribution in [3.63, 3.8) is 0 Å². The van der Waals surface area contributed by atoms with Crippen LogP contribution in [-0.2, 0) is 6.54 Å². The summed E-state index contributed by atoms with van der Waals surface area (Å²) in [5.41, 5.74) is 2.45. The first kappa shape index (κ1) is 16.8. The van der Waals surface area contributed by atoms with E-state index in [4.69, 9.17) is 0 Å². The highest BCUT2D eigenvalue weighted by molar-refractivity contribution is 6.06. The second kappa shape index (κ2) is 6.90. The first-order chi connectivity index (χ1) is 12.7. The Bertz CT molecular complexity index is 959. The lowest BCUT2D eigenvalue weighted by atomic mass is 9.89. The van der Waals surface area contributed by atoms with E-state index in [0.29, 0.717) is 18.0 Å². The molecule has 0 saturated heterocycles. The van der Waals surface area contributed by atoms with Crippen LogP contribution in [0.5, 0.6) is 0 Å². The summed E-state index contributed by atoms with van der Waals surface area (Å²) in [6.45, 7) is 3.64. The molecule has 3 aromatic rings. The SMILES string of the molecule is CCn1ncc2c(NCC3CCCCC3)c3ccc([N+](=O)[O-])cc3nc21. The molecule has 136 valence electrons. The van der Waals surface area contributed by atoms with Gasteiger partial charge in [-0.05, 0) is 31.7 Å². The number of pyridine rings is 1. The van der Waals surface area contributed by atoms with E-state index in [1.54, 1.807) is 18.2 Å². The Morgan fingerprint density at radius 3 is 2.81 bits per heavy atom. The van der Waals surface area contributed by atoms with Crippen molar-refractivity contribution in [1.82, 2.24) is 14.8 Å². The Morgan fingerprint density at radius 2 is 2.08 bits per heavy atom. The van der Waals surface area contributed by atoms with Gasteiger partial charge in [0, 0.05) is 30.6 Å². The largest absolute Gasteiger partial charge is 0.384 e. The summed E-state index contributed by atoms with van der Waals surface area (Å²) in [5.74, 6) is 0.682. The molecule has 0 spiro atoms. The van der Waals surface area contributed by atoms with Crippen molar-refractivity contribution in [3.05, 3.63) is 34.5 Å². The number of hydrogen-bond donors (Lipinski definition) is 1. The molecule has 0 unspecified atom stereocenters. The molecule has 1 aliphatic carbocycles. The zero-order valence-corrected chi connectivity index (χ0v) is 14.9. The van der Waals surface area contributed by atoms with E-state index in [-0.39, 0.29) is 10.6 Å². The molecule has 26 heavy (non-hydrogen) atoms. The topological polar surface area (TPSA) is 85.9 Å². The van der Waals surface area contributed by atoms with Crippen LogP contribution in [0.25, 0.3) is 21.9 Å². The fourth-order valence-electron chi connectivity index (χ4n) is 3.93. The average Bonchev–Trinajstić information content (AvgIpc) is 3.08. The molecule has 1 saturated carbocycles. The number of nitro benzene ring substituents is 1. The van der Waals surface area contributed by atoms with Gasteiger partial charge in [-0.25, -0.2) is 9.67 Å². The van der Waals surface area contributed by atoms with Crippen molar-refractivity contribution < 1.29 is 4.92 Å². The van der Waals surface area contributed by atoms with Crippen molar-refractivity contribution in [3.8, 4) is 0 Å². The monoisotopic (exact) mass is 353 g/mol. The maximum Gasteiger partial charge on any atom is 0.271 e. The van der Waals surface area contributed by atoms with Gasteiger partial charge in [0.25, 0.3) is 5.69 Å². The Morgan fingerprint density at radius 1 is 1.27 bits per heavy atom. The molecular formula is C19H23N5O2. The van der Waals surface area contributed by atoms with Crippen LogP contribution in [0.3, 0.4) is 0 Å². The summed E-state index contributed by atoms with van der Waals surface area (Å²) in [4.78, 5) is 15.4. The third-order valence-corrected chi connectivity index (χ3v) is 5.36. The van der Waals surface area contributed by atoms with Gasteiger partial charge in [0.05, 0.1) is 27.7 Å². The van der Waals surface area contributed by atoms with Crippen molar-refractivity contribution in [2.75, 3.05) is 11.9 Å². The van der Waals surface area contributed by atoms with Gasteiger partial charge in [-0.3, -0.25) is 10.1 Å². The third-order valence-electron chi connectivity index (χ3n) is 5.36. The highest BCUT2D eigenvalue weighted by Gasteiger charge is 2.18. The number of non-ortho nitro benzene ring substituents is 1. The average molecular weight is 353 g/mol. The van der Waals surface area contributed by atoms with E-state index in [2.05, 4.69) is 15.4 Å². The molecule has 4 rings (SSSR count). The van der Waals surface area contributed by atoms with E-state index in [1.807, 2.05) is 17.8 Å². The molecule has 0 amide bonds. The zero-order chi connectivity index (χ0) is 18.1. The van der Waals surface area contributed by atoms with Gasteiger partial charge < -0.3 is 5.32 Å². The van der Waals surface area contributed by atoms with Gasteiger partial charge in [-0.2, -0.15) is 5.10 Å². The van der Waals surface area contributed by atoms with E-state index in [0.717, 1.165) is 28.7 Å². The molecule has 0 bridgehead atoms. The maximum absolute atomic E-state index is 11.1. The molecule has 1 aromatic carbocycles. The summed E-state index contributed by atoms with van der Waals surface area (Å²) in [6, 6.07) is 4.89. The molecule has 1 fully saturated rings. The lowest BCUT2D eigenvalue weighted by Crippen LogP contribution is -2.17. The van der Waals surface area contributed by atoms with E-state index < -0.39 is 0 Å². The number of rotatable bonds is 5.